The fourth-order valence-corrected chi connectivity index (χ4v) is 1.98. The number of unbranched alkanes of at least 4 members (excludes halogenated alkanes) is 1. The Morgan fingerprint density at radius 2 is 2.11 bits per heavy atom. The summed E-state index contributed by atoms with van der Waals surface area (Å²) in [5.41, 5.74) is 5.90. The Labute approximate surface area is 121 Å². The first-order chi connectivity index (χ1) is 8.17. The minimum atomic E-state index is -0.365. The van der Waals surface area contributed by atoms with Gasteiger partial charge in [-0.3, -0.25) is 4.79 Å². The second-order valence-electron chi connectivity index (χ2n) is 4.06. The van der Waals surface area contributed by atoms with Gasteiger partial charge in [0.25, 0.3) is 0 Å². The monoisotopic (exact) mass is 298 g/mol. The third-order valence-corrected chi connectivity index (χ3v) is 3.25. The maximum atomic E-state index is 12.1. The molecule has 0 aliphatic carbocycles. The Hall–Kier alpha value is 0.0300. The number of halogens is 1. The molecule has 18 heavy (non-hydrogen) atoms. The van der Waals surface area contributed by atoms with Crippen molar-refractivity contribution < 1.29 is 9.53 Å². The van der Waals surface area contributed by atoms with Gasteiger partial charge < -0.3 is 15.4 Å². The van der Waals surface area contributed by atoms with Crippen LogP contribution in [0.3, 0.4) is 0 Å². The highest BCUT2D eigenvalue weighted by Gasteiger charge is 2.19. The van der Waals surface area contributed by atoms with E-state index in [0.29, 0.717) is 13.2 Å². The molecule has 6 heteroatoms. The van der Waals surface area contributed by atoms with Gasteiger partial charge in [-0.15, -0.1) is 12.4 Å². The zero-order chi connectivity index (χ0) is 13.1. The van der Waals surface area contributed by atoms with E-state index >= 15 is 0 Å². The number of thioether (sulfide) groups is 1. The molecule has 0 spiro atoms. The molecule has 0 aromatic heterocycles. The van der Waals surface area contributed by atoms with Gasteiger partial charge in [0.2, 0.25) is 5.91 Å². The van der Waals surface area contributed by atoms with Crippen LogP contribution in [0.4, 0.5) is 0 Å². The molecule has 0 unspecified atom stereocenters. The number of rotatable bonds is 10. The van der Waals surface area contributed by atoms with Crippen molar-refractivity contribution in [3.05, 3.63) is 0 Å². The number of nitrogens with zero attached hydrogens (tertiary/aromatic N) is 1. The third-order valence-electron chi connectivity index (χ3n) is 2.61. The van der Waals surface area contributed by atoms with E-state index in [1.54, 1.807) is 18.9 Å². The molecule has 0 aromatic carbocycles. The second-order valence-corrected chi connectivity index (χ2v) is 5.05. The molecular weight excluding hydrogens is 272 g/mol. The summed E-state index contributed by atoms with van der Waals surface area (Å²) >= 11 is 1.72. The molecule has 0 radical (unpaired) electrons. The summed E-state index contributed by atoms with van der Waals surface area (Å²) in [5.74, 6) is 0.989. The zero-order valence-electron chi connectivity index (χ0n) is 11.7. The van der Waals surface area contributed by atoms with E-state index in [-0.39, 0.29) is 24.4 Å². The molecule has 110 valence electrons. The van der Waals surface area contributed by atoms with Crippen molar-refractivity contribution in [2.24, 2.45) is 5.73 Å². The highest BCUT2D eigenvalue weighted by Crippen LogP contribution is 2.04. The Morgan fingerprint density at radius 3 is 2.61 bits per heavy atom. The highest BCUT2D eigenvalue weighted by atomic mass is 35.5. The van der Waals surface area contributed by atoms with Crippen molar-refractivity contribution in [3.8, 4) is 0 Å². The summed E-state index contributed by atoms with van der Waals surface area (Å²) in [4.78, 5) is 13.9. The summed E-state index contributed by atoms with van der Waals surface area (Å²) in [7, 11) is 1.65. The molecule has 0 rings (SSSR count). The largest absolute Gasteiger partial charge is 0.383 e. The molecule has 0 heterocycles. The molecular formula is C12H27ClN2O2S. The summed E-state index contributed by atoms with van der Waals surface area (Å²) in [6, 6.07) is -0.365. The van der Waals surface area contributed by atoms with Crippen LogP contribution in [-0.2, 0) is 9.53 Å². The maximum absolute atomic E-state index is 12.1. The van der Waals surface area contributed by atoms with Crippen LogP contribution in [0.5, 0.6) is 0 Å². The number of carbonyl (C=O) groups is 1. The van der Waals surface area contributed by atoms with Crippen molar-refractivity contribution >= 4 is 30.1 Å². The van der Waals surface area contributed by atoms with Gasteiger partial charge in [0.15, 0.2) is 0 Å². The molecule has 2 N–H and O–H groups in total. The van der Waals surface area contributed by atoms with Crippen LogP contribution in [0.15, 0.2) is 0 Å². The lowest BCUT2D eigenvalue weighted by Gasteiger charge is -2.25. The number of hydrogen-bond acceptors (Lipinski definition) is 4. The average Bonchev–Trinajstić information content (AvgIpc) is 2.35. The van der Waals surface area contributed by atoms with Crippen LogP contribution in [0.1, 0.15) is 26.2 Å². The van der Waals surface area contributed by atoms with Gasteiger partial charge in [-0.1, -0.05) is 13.3 Å². The number of hydrogen-bond donors (Lipinski definition) is 1. The minimum Gasteiger partial charge on any atom is -0.383 e. The van der Waals surface area contributed by atoms with Crippen LogP contribution >= 0.6 is 24.2 Å². The molecule has 1 amide bonds. The Balaban J connectivity index is 0. The molecule has 0 saturated carbocycles. The first-order valence-electron chi connectivity index (χ1n) is 6.19. The van der Waals surface area contributed by atoms with E-state index in [4.69, 9.17) is 10.5 Å². The lowest BCUT2D eigenvalue weighted by Crippen LogP contribution is -2.45. The predicted molar refractivity (Wildman–Crippen MR) is 81.6 cm³/mol. The summed E-state index contributed by atoms with van der Waals surface area (Å²) in [6.45, 7) is 4.12. The fraction of sp³-hybridized carbons (Fsp3) is 0.917. The lowest BCUT2D eigenvalue weighted by atomic mass is 10.2. The van der Waals surface area contributed by atoms with Crippen LogP contribution in [0.25, 0.3) is 0 Å². The van der Waals surface area contributed by atoms with Crippen LogP contribution < -0.4 is 5.73 Å². The molecule has 0 aliphatic rings. The van der Waals surface area contributed by atoms with E-state index in [9.17, 15) is 4.79 Å². The topological polar surface area (TPSA) is 55.6 Å². The normalized spacial score (nSPS) is 11.8. The minimum absolute atomic E-state index is 0. The van der Waals surface area contributed by atoms with Crippen molar-refractivity contribution in [1.82, 2.24) is 4.90 Å². The number of nitrogens with two attached hydrogens (primary N) is 1. The van der Waals surface area contributed by atoms with Gasteiger partial charge in [0.1, 0.15) is 0 Å². The Kier molecular flexibility index (Phi) is 15.2. The zero-order valence-corrected chi connectivity index (χ0v) is 13.3. The van der Waals surface area contributed by atoms with Crippen molar-refractivity contribution in [1.29, 1.82) is 0 Å². The first-order valence-corrected chi connectivity index (χ1v) is 7.59. The molecule has 0 aliphatic heterocycles. The van der Waals surface area contributed by atoms with Gasteiger partial charge >= 0.3 is 0 Å². The molecule has 0 aromatic rings. The average molecular weight is 299 g/mol. The van der Waals surface area contributed by atoms with Crippen LogP contribution in [-0.4, -0.2) is 55.7 Å². The number of amides is 1. The van der Waals surface area contributed by atoms with E-state index < -0.39 is 0 Å². The SMILES string of the molecule is CCCCN(CCOC)C(=O)[C@@H](N)CCSC.Cl. The second kappa shape index (κ2) is 13.5. The number of methoxy groups -OCH3 is 1. The van der Waals surface area contributed by atoms with Crippen molar-refractivity contribution in [2.45, 2.75) is 32.2 Å². The van der Waals surface area contributed by atoms with E-state index in [2.05, 4.69) is 6.92 Å². The van der Waals surface area contributed by atoms with E-state index in [1.807, 2.05) is 11.2 Å². The summed E-state index contributed by atoms with van der Waals surface area (Å²) in [5, 5.41) is 0. The lowest BCUT2D eigenvalue weighted by molar-refractivity contribution is -0.133. The number of carbonyl (C=O) groups excluding carboxylic acids is 1. The number of ether oxygens (including phenoxy) is 1. The molecule has 0 bridgehead atoms. The Morgan fingerprint density at radius 1 is 1.44 bits per heavy atom. The van der Waals surface area contributed by atoms with Crippen LogP contribution in [0.2, 0.25) is 0 Å². The quantitative estimate of drug-likeness (QED) is 0.668. The highest BCUT2D eigenvalue weighted by molar-refractivity contribution is 7.98. The smallest absolute Gasteiger partial charge is 0.239 e. The van der Waals surface area contributed by atoms with Crippen molar-refractivity contribution in [3.63, 3.8) is 0 Å². The van der Waals surface area contributed by atoms with Gasteiger partial charge in [0.05, 0.1) is 12.6 Å². The fourth-order valence-electron chi connectivity index (χ4n) is 1.49. The van der Waals surface area contributed by atoms with Gasteiger partial charge in [-0.05, 0) is 24.9 Å². The van der Waals surface area contributed by atoms with E-state index in [1.165, 1.54) is 0 Å². The van der Waals surface area contributed by atoms with Gasteiger partial charge in [-0.25, -0.2) is 0 Å². The van der Waals surface area contributed by atoms with Crippen molar-refractivity contribution in [2.75, 3.05) is 38.8 Å². The van der Waals surface area contributed by atoms with Gasteiger partial charge in [-0.2, -0.15) is 11.8 Å². The first kappa shape index (κ1) is 20.3. The molecule has 1 atom stereocenters. The maximum Gasteiger partial charge on any atom is 0.239 e. The molecule has 0 saturated heterocycles. The summed E-state index contributed by atoms with van der Waals surface area (Å²) in [6.07, 6.45) is 4.87. The molecule has 0 fully saturated rings. The molecule has 4 nitrogen and oxygen atoms in total. The Bertz CT molecular complexity index is 201. The van der Waals surface area contributed by atoms with Gasteiger partial charge in [0, 0.05) is 20.2 Å². The third kappa shape index (κ3) is 9.03. The predicted octanol–water partition coefficient (Wildman–Crippen LogP) is 1.76. The standard InChI is InChI=1S/C12H26N2O2S.ClH/c1-4-5-7-14(8-9-16-2)12(15)11(13)6-10-17-3;/h11H,4-10,13H2,1-3H3;1H/t11-;/m0./s1. The van der Waals surface area contributed by atoms with E-state index in [0.717, 1.165) is 31.6 Å². The summed E-state index contributed by atoms with van der Waals surface area (Å²) < 4.78 is 5.02. The van der Waals surface area contributed by atoms with Crippen LogP contribution in [0, 0.1) is 0 Å².